The van der Waals surface area contributed by atoms with E-state index in [1.54, 1.807) is 18.3 Å². The molecule has 3 heterocycles. The Labute approximate surface area is 149 Å². The van der Waals surface area contributed by atoms with Crippen molar-refractivity contribution in [3.05, 3.63) is 29.0 Å². The van der Waals surface area contributed by atoms with Gasteiger partial charge in [-0.15, -0.1) is 12.4 Å². The van der Waals surface area contributed by atoms with Crippen LogP contribution in [0.3, 0.4) is 0 Å². The Kier molecular flexibility index (Phi) is 6.69. The molecule has 0 aliphatic carbocycles. The monoisotopic (exact) mass is 357 g/mol. The molecule has 4 nitrogen and oxygen atoms in total. The summed E-state index contributed by atoms with van der Waals surface area (Å²) in [6.45, 7) is 6.48. The van der Waals surface area contributed by atoms with Crippen LogP contribution >= 0.6 is 24.0 Å². The molecular formula is C17H25Cl2N3O. The third-order valence-electron chi connectivity index (χ3n) is 4.93. The molecule has 0 unspecified atom stereocenters. The lowest BCUT2D eigenvalue weighted by atomic mass is 9.95. The van der Waals surface area contributed by atoms with Crippen LogP contribution < -0.4 is 0 Å². The molecule has 2 aliphatic rings. The predicted molar refractivity (Wildman–Crippen MR) is 95.4 cm³/mol. The first-order chi connectivity index (χ1) is 10.6. The summed E-state index contributed by atoms with van der Waals surface area (Å²) in [5.74, 6) is 0.892. The molecule has 0 N–H and O–H groups in total. The topological polar surface area (TPSA) is 36.4 Å². The molecule has 0 saturated carbocycles. The number of nitrogens with zero attached hydrogens (tertiary/aromatic N) is 3. The van der Waals surface area contributed by atoms with Crippen LogP contribution in [0.5, 0.6) is 0 Å². The minimum atomic E-state index is 0. The van der Waals surface area contributed by atoms with Gasteiger partial charge in [0.05, 0.1) is 5.56 Å². The lowest BCUT2D eigenvalue weighted by molar-refractivity contribution is 0.0541. The summed E-state index contributed by atoms with van der Waals surface area (Å²) in [4.78, 5) is 21.1. The number of amides is 1. The maximum Gasteiger partial charge on any atom is 0.255 e. The fraction of sp³-hybridized carbons (Fsp3) is 0.647. The average Bonchev–Trinajstić information content (AvgIpc) is 2.55. The van der Waals surface area contributed by atoms with Gasteiger partial charge < -0.3 is 4.90 Å². The quantitative estimate of drug-likeness (QED) is 0.760. The minimum Gasteiger partial charge on any atom is -0.338 e. The second kappa shape index (κ2) is 8.32. The van der Waals surface area contributed by atoms with Gasteiger partial charge in [-0.2, -0.15) is 0 Å². The number of likely N-dealkylation sites (tertiary alicyclic amines) is 2. The summed E-state index contributed by atoms with van der Waals surface area (Å²) in [6, 6.07) is 4.09. The number of pyridine rings is 1. The zero-order chi connectivity index (χ0) is 15.5. The largest absolute Gasteiger partial charge is 0.338 e. The molecule has 0 radical (unpaired) electrons. The van der Waals surface area contributed by atoms with E-state index in [1.165, 1.54) is 25.9 Å². The fourth-order valence-electron chi connectivity index (χ4n) is 3.68. The highest BCUT2D eigenvalue weighted by Gasteiger charge is 2.29. The third-order valence-corrected chi connectivity index (χ3v) is 5.15. The van der Waals surface area contributed by atoms with Crippen LogP contribution in [0.1, 0.15) is 43.0 Å². The first-order valence-electron chi connectivity index (χ1n) is 8.28. The van der Waals surface area contributed by atoms with Crippen LogP contribution in [0.15, 0.2) is 18.3 Å². The molecule has 128 valence electrons. The molecule has 0 aromatic carbocycles. The third kappa shape index (κ3) is 4.59. The van der Waals surface area contributed by atoms with Crippen molar-refractivity contribution in [3.63, 3.8) is 0 Å². The Balaban J connectivity index is 0.00000192. The first-order valence-corrected chi connectivity index (χ1v) is 8.66. The number of carbonyl (C=O) groups excluding carboxylic acids is 1. The SMILES string of the molecule is C[C@@H]1CCCN(C2CCN(C(=O)c3ccc(Cl)nc3)CC2)C1.Cl. The predicted octanol–water partition coefficient (Wildman–Crippen LogP) is 3.49. The van der Waals surface area contributed by atoms with E-state index in [2.05, 4.69) is 16.8 Å². The molecule has 3 rings (SSSR count). The number of hydrogen-bond donors (Lipinski definition) is 0. The van der Waals surface area contributed by atoms with Crippen molar-refractivity contribution in [3.8, 4) is 0 Å². The molecule has 23 heavy (non-hydrogen) atoms. The van der Waals surface area contributed by atoms with Gasteiger partial charge in [0.2, 0.25) is 0 Å². The second-order valence-corrected chi connectivity index (χ2v) is 7.02. The Morgan fingerprint density at radius 2 is 1.96 bits per heavy atom. The van der Waals surface area contributed by atoms with Crippen LogP contribution in [-0.2, 0) is 0 Å². The van der Waals surface area contributed by atoms with Crippen molar-refractivity contribution in [1.82, 2.24) is 14.8 Å². The van der Waals surface area contributed by atoms with Gasteiger partial charge in [-0.05, 0) is 50.3 Å². The van der Waals surface area contributed by atoms with Crippen molar-refractivity contribution in [2.24, 2.45) is 5.92 Å². The van der Waals surface area contributed by atoms with Gasteiger partial charge in [-0.3, -0.25) is 9.69 Å². The Morgan fingerprint density at radius 3 is 2.57 bits per heavy atom. The van der Waals surface area contributed by atoms with Gasteiger partial charge in [0.25, 0.3) is 5.91 Å². The highest BCUT2D eigenvalue weighted by molar-refractivity contribution is 6.29. The fourth-order valence-corrected chi connectivity index (χ4v) is 3.79. The molecular weight excluding hydrogens is 333 g/mol. The Hall–Kier alpha value is -0.840. The minimum absolute atomic E-state index is 0. The Morgan fingerprint density at radius 1 is 1.22 bits per heavy atom. The van der Waals surface area contributed by atoms with E-state index in [0.717, 1.165) is 31.8 Å². The molecule has 1 amide bonds. The van der Waals surface area contributed by atoms with Crippen LogP contribution in [0.25, 0.3) is 0 Å². The van der Waals surface area contributed by atoms with Gasteiger partial charge in [0.1, 0.15) is 5.15 Å². The van der Waals surface area contributed by atoms with E-state index in [4.69, 9.17) is 11.6 Å². The maximum absolute atomic E-state index is 12.5. The van der Waals surface area contributed by atoms with Gasteiger partial charge in [-0.1, -0.05) is 18.5 Å². The molecule has 2 fully saturated rings. The van der Waals surface area contributed by atoms with Crippen LogP contribution in [0, 0.1) is 5.92 Å². The maximum atomic E-state index is 12.5. The molecule has 1 aromatic heterocycles. The van der Waals surface area contributed by atoms with Crippen LogP contribution in [-0.4, -0.2) is 52.9 Å². The smallest absolute Gasteiger partial charge is 0.255 e. The van der Waals surface area contributed by atoms with Crippen LogP contribution in [0.2, 0.25) is 5.15 Å². The normalized spacial score (nSPS) is 23.4. The van der Waals surface area contributed by atoms with E-state index in [0.29, 0.717) is 16.8 Å². The van der Waals surface area contributed by atoms with E-state index in [-0.39, 0.29) is 18.3 Å². The summed E-state index contributed by atoms with van der Waals surface area (Å²) in [5.41, 5.74) is 0.634. The van der Waals surface area contributed by atoms with Gasteiger partial charge in [0, 0.05) is 31.9 Å². The average molecular weight is 358 g/mol. The van der Waals surface area contributed by atoms with E-state index >= 15 is 0 Å². The highest BCUT2D eigenvalue weighted by atomic mass is 35.5. The molecule has 0 bridgehead atoms. The number of halogens is 2. The first kappa shape index (κ1) is 18.5. The molecule has 1 aromatic rings. The summed E-state index contributed by atoms with van der Waals surface area (Å²) in [5, 5.41) is 0.425. The van der Waals surface area contributed by atoms with Crippen molar-refractivity contribution in [2.45, 2.75) is 38.6 Å². The van der Waals surface area contributed by atoms with Crippen molar-refractivity contribution >= 4 is 29.9 Å². The summed E-state index contributed by atoms with van der Waals surface area (Å²) in [7, 11) is 0. The number of hydrogen-bond acceptors (Lipinski definition) is 3. The highest BCUT2D eigenvalue weighted by Crippen LogP contribution is 2.24. The van der Waals surface area contributed by atoms with Crippen LogP contribution in [0.4, 0.5) is 0 Å². The lowest BCUT2D eigenvalue weighted by Crippen LogP contribution is -2.49. The van der Waals surface area contributed by atoms with Gasteiger partial charge in [-0.25, -0.2) is 4.98 Å². The van der Waals surface area contributed by atoms with Crippen molar-refractivity contribution < 1.29 is 4.79 Å². The van der Waals surface area contributed by atoms with E-state index < -0.39 is 0 Å². The Bertz CT molecular complexity index is 515. The van der Waals surface area contributed by atoms with Crippen molar-refractivity contribution in [1.29, 1.82) is 0 Å². The van der Waals surface area contributed by atoms with E-state index in [1.807, 2.05) is 4.90 Å². The van der Waals surface area contributed by atoms with Gasteiger partial charge in [0.15, 0.2) is 0 Å². The number of carbonyl (C=O) groups is 1. The second-order valence-electron chi connectivity index (χ2n) is 6.64. The van der Waals surface area contributed by atoms with E-state index in [9.17, 15) is 4.79 Å². The van der Waals surface area contributed by atoms with Gasteiger partial charge >= 0.3 is 0 Å². The number of aromatic nitrogens is 1. The zero-order valence-electron chi connectivity index (χ0n) is 13.6. The molecule has 1 atom stereocenters. The lowest BCUT2D eigenvalue weighted by Gasteiger charge is -2.41. The number of piperidine rings is 2. The molecule has 2 aliphatic heterocycles. The standard InChI is InChI=1S/C17H24ClN3O.ClH/c1-13-3-2-8-21(12-13)15-6-9-20(10-7-15)17(22)14-4-5-16(18)19-11-14;/h4-5,11,13,15H,2-3,6-10,12H2,1H3;1H/t13-;/m1./s1. The summed E-state index contributed by atoms with van der Waals surface area (Å²) in [6.07, 6.45) is 6.41. The van der Waals surface area contributed by atoms with Crippen molar-refractivity contribution in [2.75, 3.05) is 26.2 Å². The zero-order valence-corrected chi connectivity index (χ0v) is 15.2. The summed E-state index contributed by atoms with van der Waals surface area (Å²) >= 11 is 5.78. The summed E-state index contributed by atoms with van der Waals surface area (Å²) < 4.78 is 0. The number of rotatable bonds is 2. The molecule has 0 spiro atoms. The molecule has 2 saturated heterocycles. The molecule has 6 heteroatoms.